The number of fused-ring (bicyclic) bond motifs is 3. The van der Waals surface area contributed by atoms with Crippen molar-refractivity contribution in [1.82, 2.24) is 14.8 Å². The monoisotopic (exact) mass is 435 g/mol. The van der Waals surface area contributed by atoms with E-state index in [1.165, 1.54) is 13.3 Å². The topological polar surface area (TPSA) is 80.6 Å². The fourth-order valence-electron chi connectivity index (χ4n) is 4.45. The predicted molar refractivity (Wildman–Crippen MR) is 104 cm³/mol. The number of hydrogen-bond donors (Lipinski definition) is 1. The molecule has 164 valence electrons. The van der Waals surface area contributed by atoms with Crippen LogP contribution in [0.1, 0.15) is 51.7 Å². The van der Waals surface area contributed by atoms with E-state index in [9.17, 15) is 27.6 Å². The number of nitrogens with zero attached hydrogens (tertiary/aromatic N) is 2. The Morgan fingerprint density at radius 3 is 2.45 bits per heavy atom. The van der Waals surface area contributed by atoms with Gasteiger partial charge in [-0.1, -0.05) is 0 Å². The highest BCUT2D eigenvalue weighted by Gasteiger charge is 2.43. The minimum atomic E-state index is -1.15. The highest BCUT2D eigenvalue weighted by Crippen LogP contribution is 2.39. The number of nitrogens with one attached hydrogen (secondary N) is 1. The Bertz CT molecular complexity index is 1120. The Morgan fingerprint density at radius 1 is 1.16 bits per heavy atom. The maximum atomic E-state index is 13.9. The van der Waals surface area contributed by atoms with Crippen LogP contribution in [0, 0.1) is 17.5 Å². The van der Waals surface area contributed by atoms with Crippen molar-refractivity contribution in [3.05, 3.63) is 62.8 Å². The normalized spacial score (nSPS) is 19.8. The number of hydrogen-bond acceptors (Lipinski definition) is 4. The first-order valence-corrected chi connectivity index (χ1v) is 9.76. The zero-order valence-corrected chi connectivity index (χ0v) is 16.9. The highest BCUT2D eigenvalue weighted by atomic mass is 19.1. The lowest BCUT2D eigenvalue weighted by Crippen LogP contribution is -2.48. The van der Waals surface area contributed by atoms with E-state index in [0.29, 0.717) is 12.1 Å². The second-order valence-corrected chi connectivity index (χ2v) is 7.67. The van der Waals surface area contributed by atoms with Gasteiger partial charge in [-0.2, -0.15) is 0 Å². The van der Waals surface area contributed by atoms with E-state index in [2.05, 4.69) is 5.32 Å². The number of pyridine rings is 1. The lowest BCUT2D eigenvalue weighted by molar-refractivity contribution is 0.0616. The van der Waals surface area contributed by atoms with Gasteiger partial charge >= 0.3 is 0 Å². The van der Waals surface area contributed by atoms with Crippen LogP contribution in [0.5, 0.6) is 5.75 Å². The molecular formula is C21H20F3N3O4. The number of aromatic nitrogens is 1. The molecule has 1 aromatic carbocycles. The lowest BCUT2D eigenvalue weighted by Gasteiger charge is -2.38. The Balaban J connectivity index is 1.71. The largest absolute Gasteiger partial charge is 0.491 e. The molecule has 2 atom stereocenters. The molecule has 0 radical (unpaired) electrons. The predicted octanol–water partition coefficient (Wildman–Crippen LogP) is 2.38. The molecule has 2 amide bonds. The highest BCUT2D eigenvalue weighted by molar-refractivity contribution is 5.99. The first-order chi connectivity index (χ1) is 14.7. The van der Waals surface area contributed by atoms with Gasteiger partial charge in [-0.15, -0.1) is 0 Å². The van der Waals surface area contributed by atoms with Crippen LogP contribution in [0.3, 0.4) is 0 Å². The summed E-state index contributed by atoms with van der Waals surface area (Å²) in [4.78, 5) is 40.1. The van der Waals surface area contributed by atoms with Gasteiger partial charge in [0.1, 0.15) is 23.0 Å². The molecule has 2 aliphatic rings. The van der Waals surface area contributed by atoms with Crippen molar-refractivity contribution in [3.8, 4) is 5.75 Å². The summed E-state index contributed by atoms with van der Waals surface area (Å²) in [6.07, 6.45) is 3.74. The Kier molecular flexibility index (Phi) is 5.24. The van der Waals surface area contributed by atoms with Crippen LogP contribution < -0.4 is 15.5 Å². The molecular weight excluding hydrogens is 415 g/mol. The third-order valence-corrected chi connectivity index (χ3v) is 5.99. The quantitative estimate of drug-likeness (QED) is 0.800. The summed E-state index contributed by atoms with van der Waals surface area (Å²) >= 11 is 0. The van der Waals surface area contributed by atoms with Crippen LogP contribution in [0.15, 0.2) is 23.1 Å². The zero-order chi connectivity index (χ0) is 22.4. The van der Waals surface area contributed by atoms with Gasteiger partial charge in [-0.05, 0) is 19.3 Å². The van der Waals surface area contributed by atoms with E-state index in [-0.39, 0.29) is 35.0 Å². The van der Waals surface area contributed by atoms with Gasteiger partial charge < -0.3 is 19.5 Å². The number of carbonyl (C=O) groups excluding carboxylic acids is 2. The Hall–Kier alpha value is -3.30. The smallest absolute Gasteiger partial charge is 0.274 e. The Morgan fingerprint density at radius 2 is 1.81 bits per heavy atom. The summed E-state index contributed by atoms with van der Waals surface area (Å²) in [6, 6.07) is 0.823. The summed E-state index contributed by atoms with van der Waals surface area (Å²) in [5, 5.41) is 2.29. The number of benzene rings is 1. The second-order valence-electron chi connectivity index (χ2n) is 7.67. The summed E-state index contributed by atoms with van der Waals surface area (Å²) in [5.74, 6) is -4.90. The molecule has 1 aliphatic heterocycles. The molecule has 0 unspecified atom stereocenters. The molecule has 7 nitrogen and oxygen atoms in total. The van der Waals surface area contributed by atoms with Crippen LogP contribution in [-0.4, -0.2) is 41.5 Å². The number of methoxy groups -OCH3 is 1. The first kappa shape index (κ1) is 21.0. The van der Waals surface area contributed by atoms with Crippen LogP contribution in [0.4, 0.5) is 13.2 Å². The van der Waals surface area contributed by atoms with Gasteiger partial charge in [0.15, 0.2) is 11.4 Å². The van der Waals surface area contributed by atoms with Crippen molar-refractivity contribution in [1.29, 1.82) is 0 Å². The van der Waals surface area contributed by atoms with Crippen LogP contribution in [-0.2, 0) is 6.54 Å². The van der Waals surface area contributed by atoms with Gasteiger partial charge in [0.05, 0.1) is 19.2 Å². The molecule has 1 fully saturated rings. The fourth-order valence-corrected chi connectivity index (χ4v) is 4.45. The number of ether oxygens (including phenoxy) is 1. The molecule has 4 rings (SSSR count). The summed E-state index contributed by atoms with van der Waals surface area (Å²) in [7, 11) is 2.90. The standard InChI is InChI=1S/C21H20F3N3O4/c1-26-15-4-3-5-16(15)27-9-12(18(28)19(31-2)17(27)21(26)30)20(29)25-8-11-13(23)6-10(22)7-14(11)24/h6-7,9,15-16H,3-5,8H2,1-2H3,(H,25,29)/t15-,16-/m1/s1. The molecule has 0 spiro atoms. The number of carbonyl (C=O) groups is 2. The molecule has 1 aliphatic carbocycles. The second kappa shape index (κ2) is 7.75. The third kappa shape index (κ3) is 3.35. The molecule has 1 N–H and O–H groups in total. The number of rotatable bonds is 4. The van der Waals surface area contributed by atoms with Gasteiger partial charge in [-0.25, -0.2) is 13.2 Å². The molecule has 10 heteroatoms. The number of likely N-dealkylation sites (N-methyl/N-ethyl adjacent to an activating group) is 1. The van der Waals surface area contributed by atoms with Gasteiger partial charge in [0.2, 0.25) is 5.43 Å². The summed E-state index contributed by atoms with van der Waals surface area (Å²) < 4.78 is 47.6. The number of amides is 2. The van der Waals surface area contributed by atoms with Crippen LogP contribution in [0.2, 0.25) is 0 Å². The van der Waals surface area contributed by atoms with E-state index >= 15 is 0 Å². The average molecular weight is 435 g/mol. The fraction of sp³-hybridized carbons (Fsp3) is 0.381. The van der Waals surface area contributed by atoms with E-state index in [1.807, 2.05) is 0 Å². The van der Waals surface area contributed by atoms with E-state index in [0.717, 1.165) is 19.3 Å². The van der Waals surface area contributed by atoms with E-state index in [1.54, 1.807) is 16.5 Å². The molecule has 2 heterocycles. The third-order valence-electron chi connectivity index (χ3n) is 5.99. The van der Waals surface area contributed by atoms with Crippen molar-refractivity contribution in [2.45, 2.75) is 37.9 Å². The van der Waals surface area contributed by atoms with E-state index < -0.39 is 40.9 Å². The van der Waals surface area contributed by atoms with Crippen molar-refractivity contribution < 1.29 is 27.5 Å². The van der Waals surface area contributed by atoms with Crippen LogP contribution in [0.25, 0.3) is 0 Å². The van der Waals surface area contributed by atoms with Crippen molar-refractivity contribution in [2.75, 3.05) is 14.2 Å². The SMILES string of the molecule is COc1c2n(cc(C(=O)NCc3c(F)cc(F)cc3F)c1=O)[C@@H]1CCC[C@H]1N(C)C2=O. The first-order valence-electron chi connectivity index (χ1n) is 9.76. The van der Waals surface area contributed by atoms with Crippen molar-refractivity contribution >= 4 is 11.8 Å². The molecule has 1 saturated carbocycles. The minimum Gasteiger partial charge on any atom is -0.491 e. The lowest BCUT2D eigenvalue weighted by atomic mass is 10.0. The summed E-state index contributed by atoms with van der Waals surface area (Å²) in [5.41, 5.74) is -1.58. The van der Waals surface area contributed by atoms with Gasteiger partial charge in [-0.3, -0.25) is 14.4 Å². The Labute approximate surface area is 175 Å². The molecule has 0 bridgehead atoms. The molecule has 2 aromatic rings. The van der Waals surface area contributed by atoms with E-state index in [4.69, 9.17) is 4.74 Å². The maximum Gasteiger partial charge on any atom is 0.274 e. The van der Waals surface area contributed by atoms with Gasteiger partial charge in [0, 0.05) is 37.5 Å². The zero-order valence-electron chi connectivity index (χ0n) is 16.9. The maximum absolute atomic E-state index is 13.9. The number of halogens is 3. The molecule has 0 saturated heterocycles. The molecule has 31 heavy (non-hydrogen) atoms. The van der Waals surface area contributed by atoms with Crippen LogP contribution >= 0.6 is 0 Å². The molecule has 1 aromatic heterocycles. The van der Waals surface area contributed by atoms with Gasteiger partial charge in [0.25, 0.3) is 11.8 Å². The minimum absolute atomic E-state index is 0.0643. The van der Waals surface area contributed by atoms with Crippen molar-refractivity contribution in [2.24, 2.45) is 0 Å². The summed E-state index contributed by atoms with van der Waals surface area (Å²) in [6.45, 7) is -0.589. The average Bonchev–Trinajstić information content (AvgIpc) is 3.20. The van der Waals surface area contributed by atoms with Crippen molar-refractivity contribution in [3.63, 3.8) is 0 Å².